The molecule has 0 fully saturated rings. The van der Waals surface area contributed by atoms with Gasteiger partial charge in [-0.15, -0.1) is 0 Å². The van der Waals surface area contributed by atoms with Crippen LogP contribution in [0, 0.1) is 0 Å². The van der Waals surface area contributed by atoms with Crippen molar-refractivity contribution in [1.82, 2.24) is 4.90 Å². The average molecular weight is 469 g/mol. The van der Waals surface area contributed by atoms with E-state index in [1.165, 1.54) is 11.1 Å². The molecular weight excluding hydrogens is 436 g/mol. The first-order valence-electron chi connectivity index (χ1n) is 12.6. The van der Waals surface area contributed by atoms with Crippen molar-refractivity contribution in [1.29, 1.82) is 0 Å². The quantitative estimate of drug-likeness (QED) is 0.499. The molecular formula is C30H32N2O3. The zero-order chi connectivity index (χ0) is 24.4. The van der Waals surface area contributed by atoms with Crippen LogP contribution in [0.4, 0.5) is 5.69 Å². The summed E-state index contributed by atoms with van der Waals surface area (Å²) in [5.41, 5.74) is 5.20. The third-order valence-electron chi connectivity index (χ3n) is 7.24. The number of hydrogen-bond donors (Lipinski definition) is 1. The van der Waals surface area contributed by atoms with Crippen LogP contribution in [-0.2, 0) is 22.6 Å². The van der Waals surface area contributed by atoms with Crippen LogP contribution in [0.1, 0.15) is 67.3 Å². The lowest BCUT2D eigenvalue weighted by molar-refractivity contribution is -0.140. The zero-order valence-corrected chi connectivity index (χ0v) is 20.4. The molecule has 1 aliphatic heterocycles. The predicted octanol–water partition coefficient (Wildman–Crippen LogP) is 6.01. The molecule has 5 nitrogen and oxygen atoms in total. The number of carbonyl (C=O) groups excluding carboxylic acids is 2. The Morgan fingerprint density at radius 3 is 2.63 bits per heavy atom. The first kappa shape index (κ1) is 23.2. The summed E-state index contributed by atoms with van der Waals surface area (Å²) in [4.78, 5) is 28.5. The van der Waals surface area contributed by atoms with Crippen LogP contribution in [0.15, 0.2) is 72.8 Å². The van der Waals surface area contributed by atoms with Crippen molar-refractivity contribution < 1.29 is 14.3 Å². The number of aryl methyl sites for hydroxylation is 1. The SMILES string of the molecule is CCC(C(=O)Nc1ccc2c(c1)CN(C1CCCc3ccccc31)C(=O)C(C)O2)c1ccccc1. The second-order valence-corrected chi connectivity index (χ2v) is 9.52. The largest absolute Gasteiger partial charge is 0.481 e. The van der Waals surface area contributed by atoms with E-state index in [-0.39, 0.29) is 23.8 Å². The molecule has 0 aromatic heterocycles. The zero-order valence-electron chi connectivity index (χ0n) is 20.4. The van der Waals surface area contributed by atoms with Crippen LogP contribution in [0.25, 0.3) is 0 Å². The Bertz CT molecular complexity index is 1220. The van der Waals surface area contributed by atoms with Gasteiger partial charge in [0.1, 0.15) is 5.75 Å². The average Bonchev–Trinajstić information content (AvgIpc) is 3.00. The molecule has 5 heteroatoms. The maximum atomic E-state index is 13.4. The van der Waals surface area contributed by atoms with Gasteiger partial charge in [-0.1, -0.05) is 61.5 Å². The summed E-state index contributed by atoms with van der Waals surface area (Å²) in [5.74, 6) is 0.452. The standard InChI is InChI=1S/C30H32N2O3/c1-3-25(21-10-5-4-6-11-21)29(33)31-24-16-17-28-23(18-24)19-32(30(34)20(2)35-28)27-15-9-13-22-12-7-8-14-26(22)27/h4-8,10-12,14,16-18,20,25,27H,3,9,13,15,19H2,1-2H3,(H,31,33). The van der Waals surface area contributed by atoms with E-state index in [1.54, 1.807) is 0 Å². The highest BCUT2D eigenvalue weighted by molar-refractivity contribution is 5.96. The Hall–Kier alpha value is -3.60. The molecule has 0 bridgehead atoms. The molecule has 2 amide bonds. The van der Waals surface area contributed by atoms with Crippen LogP contribution in [-0.4, -0.2) is 22.8 Å². The number of amides is 2. The van der Waals surface area contributed by atoms with Crippen molar-refractivity contribution in [3.8, 4) is 5.75 Å². The van der Waals surface area contributed by atoms with E-state index in [2.05, 4.69) is 29.6 Å². The van der Waals surface area contributed by atoms with Gasteiger partial charge in [0.25, 0.3) is 5.91 Å². The van der Waals surface area contributed by atoms with Gasteiger partial charge in [0.15, 0.2) is 6.10 Å². The van der Waals surface area contributed by atoms with Gasteiger partial charge in [-0.3, -0.25) is 9.59 Å². The highest BCUT2D eigenvalue weighted by atomic mass is 16.5. The molecule has 0 saturated heterocycles. The minimum absolute atomic E-state index is 0.00335. The van der Waals surface area contributed by atoms with Crippen LogP contribution >= 0.6 is 0 Å². The highest BCUT2D eigenvalue weighted by Crippen LogP contribution is 2.38. The Morgan fingerprint density at radius 1 is 1.06 bits per heavy atom. The molecule has 2 aliphatic rings. The van der Waals surface area contributed by atoms with E-state index in [1.807, 2.05) is 67.3 Å². The minimum Gasteiger partial charge on any atom is -0.481 e. The van der Waals surface area contributed by atoms with E-state index in [9.17, 15) is 9.59 Å². The molecule has 0 spiro atoms. The smallest absolute Gasteiger partial charge is 0.264 e. The van der Waals surface area contributed by atoms with E-state index in [0.717, 1.165) is 36.1 Å². The number of ether oxygens (including phenoxy) is 1. The summed E-state index contributed by atoms with van der Waals surface area (Å²) in [5, 5.41) is 3.10. The van der Waals surface area contributed by atoms with Crippen molar-refractivity contribution in [2.24, 2.45) is 0 Å². The number of rotatable bonds is 5. The number of benzene rings is 3. The van der Waals surface area contributed by atoms with Crippen LogP contribution < -0.4 is 10.1 Å². The van der Waals surface area contributed by atoms with Gasteiger partial charge in [0.05, 0.1) is 18.5 Å². The molecule has 1 N–H and O–H groups in total. The van der Waals surface area contributed by atoms with Crippen LogP contribution in [0.5, 0.6) is 5.75 Å². The fourth-order valence-electron chi connectivity index (χ4n) is 5.43. The Labute approximate surface area is 207 Å². The Kier molecular flexibility index (Phi) is 6.58. The third-order valence-corrected chi connectivity index (χ3v) is 7.24. The van der Waals surface area contributed by atoms with Crippen molar-refractivity contribution in [3.05, 3.63) is 95.1 Å². The topological polar surface area (TPSA) is 58.6 Å². The van der Waals surface area contributed by atoms with Gasteiger partial charge in [0, 0.05) is 11.3 Å². The van der Waals surface area contributed by atoms with Gasteiger partial charge in [0.2, 0.25) is 5.91 Å². The molecule has 1 aliphatic carbocycles. The number of fused-ring (bicyclic) bond motifs is 2. The molecule has 180 valence electrons. The van der Waals surface area contributed by atoms with Crippen molar-refractivity contribution in [2.45, 2.75) is 64.1 Å². The summed E-state index contributed by atoms with van der Waals surface area (Å²) in [6.07, 6.45) is 3.20. The van der Waals surface area contributed by atoms with Crippen LogP contribution in [0.3, 0.4) is 0 Å². The molecule has 0 radical (unpaired) electrons. The van der Waals surface area contributed by atoms with Crippen molar-refractivity contribution >= 4 is 17.5 Å². The number of nitrogens with zero attached hydrogens (tertiary/aromatic N) is 1. The maximum Gasteiger partial charge on any atom is 0.264 e. The molecule has 0 saturated carbocycles. The van der Waals surface area contributed by atoms with E-state index < -0.39 is 6.10 Å². The summed E-state index contributed by atoms with van der Waals surface area (Å²) in [6.45, 7) is 4.30. The van der Waals surface area contributed by atoms with Gasteiger partial charge in [-0.25, -0.2) is 0 Å². The molecule has 5 rings (SSSR count). The highest BCUT2D eigenvalue weighted by Gasteiger charge is 2.35. The van der Waals surface area contributed by atoms with E-state index in [4.69, 9.17) is 4.74 Å². The maximum absolute atomic E-state index is 13.4. The lowest BCUT2D eigenvalue weighted by Crippen LogP contribution is -2.41. The molecule has 3 aromatic rings. The van der Waals surface area contributed by atoms with Gasteiger partial charge < -0.3 is 15.0 Å². The van der Waals surface area contributed by atoms with Crippen molar-refractivity contribution in [2.75, 3.05) is 5.32 Å². The summed E-state index contributed by atoms with van der Waals surface area (Å²) >= 11 is 0. The fraction of sp³-hybridized carbons (Fsp3) is 0.333. The summed E-state index contributed by atoms with van der Waals surface area (Å²) in [7, 11) is 0. The monoisotopic (exact) mass is 468 g/mol. The normalized spacial score (nSPS) is 20.2. The summed E-state index contributed by atoms with van der Waals surface area (Å²) < 4.78 is 6.07. The van der Waals surface area contributed by atoms with Crippen molar-refractivity contribution in [3.63, 3.8) is 0 Å². The molecule has 35 heavy (non-hydrogen) atoms. The molecule has 3 aromatic carbocycles. The number of hydrogen-bond acceptors (Lipinski definition) is 3. The Balaban J connectivity index is 1.42. The molecule has 3 atom stereocenters. The summed E-state index contributed by atoms with van der Waals surface area (Å²) in [6, 6.07) is 24.0. The number of nitrogens with one attached hydrogen (secondary N) is 1. The second kappa shape index (κ2) is 9.95. The lowest BCUT2D eigenvalue weighted by atomic mass is 9.86. The van der Waals surface area contributed by atoms with Gasteiger partial charge >= 0.3 is 0 Å². The van der Waals surface area contributed by atoms with Gasteiger partial charge in [-0.05, 0) is 67.5 Å². The predicted molar refractivity (Wildman–Crippen MR) is 137 cm³/mol. The minimum atomic E-state index is -0.562. The first-order valence-corrected chi connectivity index (χ1v) is 12.6. The molecule has 1 heterocycles. The second-order valence-electron chi connectivity index (χ2n) is 9.52. The fourth-order valence-corrected chi connectivity index (χ4v) is 5.43. The first-order chi connectivity index (χ1) is 17.0. The van der Waals surface area contributed by atoms with Gasteiger partial charge in [-0.2, -0.15) is 0 Å². The number of carbonyl (C=O) groups is 2. The lowest BCUT2D eigenvalue weighted by Gasteiger charge is -2.36. The van der Waals surface area contributed by atoms with E-state index >= 15 is 0 Å². The van der Waals surface area contributed by atoms with Crippen LogP contribution in [0.2, 0.25) is 0 Å². The number of anilines is 1. The molecule has 3 unspecified atom stereocenters. The Morgan fingerprint density at radius 2 is 1.83 bits per heavy atom. The third kappa shape index (κ3) is 4.68. The van der Waals surface area contributed by atoms with E-state index in [0.29, 0.717) is 18.7 Å².